The second-order valence-electron chi connectivity index (χ2n) is 6.36. The maximum Gasteiger partial charge on any atom is 0.257 e. The molecule has 0 aliphatic heterocycles. The summed E-state index contributed by atoms with van der Waals surface area (Å²) in [6, 6.07) is 7.61. The van der Waals surface area contributed by atoms with Crippen molar-refractivity contribution < 1.29 is 4.79 Å². The Labute approximate surface area is 160 Å². The van der Waals surface area contributed by atoms with E-state index in [1.165, 1.54) is 0 Å². The van der Waals surface area contributed by atoms with Gasteiger partial charge in [-0.15, -0.1) is 11.3 Å². The number of aryl methyl sites for hydroxylation is 3. The first-order valence-corrected chi connectivity index (χ1v) is 9.68. The van der Waals surface area contributed by atoms with Crippen LogP contribution < -0.4 is 5.32 Å². The van der Waals surface area contributed by atoms with Crippen LogP contribution in [0.4, 0.5) is 5.82 Å². The van der Waals surface area contributed by atoms with Crippen LogP contribution in [-0.4, -0.2) is 30.5 Å². The van der Waals surface area contributed by atoms with Gasteiger partial charge in [-0.1, -0.05) is 13.0 Å². The van der Waals surface area contributed by atoms with Gasteiger partial charge in [-0.2, -0.15) is 10.2 Å². The van der Waals surface area contributed by atoms with E-state index in [2.05, 4.69) is 22.4 Å². The largest absolute Gasteiger partial charge is 0.305 e. The fraction of sp³-hybridized carbons (Fsp3) is 0.263. The van der Waals surface area contributed by atoms with Crippen LogP contribution in [0, 0.1) is 6.92 Å². The lowest BCUT2D eigenvalue weighted by Gasteiger charge is -2.07. The van der Waals surface area contributed by atoms with E-state index in [4.69, 9.17) is 4.98 Å². The lowest BCUT2D eigenvalue weighted by Crippen LogP contribution is -2.14. The van der Waals surface area contributed by atoms with Crippen LogP contribution in [0.1, 0.15) is 29.4 Å². The standard InChI is InChI=1S/C19H20N6OS/c1-4-8-25-9-7-16(23-25)21-19(26)13-11-14(15-6-5-10-27-15)20-18-17(13)12(2)22-24(18)3/h5-7,9-11H,4,8H2,1-3H3,(H,21,23,26). The number of amides is 1. The number of fused-ring (bicyclic) bond motifs is 1. The summed E-state index contributed by atoms with van der Waals surface area (Å²) < 4.78 is 3.54. The third kappa shape index (κ3) is 3.23. The molecule has 0 aliphatic carbocycles. The van der Waals surface area contributed by atoms with Gasteiger partial charge in [-0.05, 0) is 30.9 Å². The minimum atomic E-state index is -0.210. The molecule has 1 N–H and O–H groups in total. The molecule has 4 aromatic rings. The number of anilines is 1. The number of nitrogens with one attached hydrogen (secondary N) is 1. The average Bonchev–Trinajstić information content (AvgIpc) is 3.37. The van der Waals surface area contributed by atoms with Gasteiger partial charge in [0.05, 0.1) is 27.2 Å². The van der Waals surface area contributed by atoms with Crippen LogP contribution >= 0.6 is 11.3 Å². The van der Waals surface area contributed by atoms with Crippen molar-refractivity contribution in [3.63, 3.8) is 0 Å². The first kappa shape index (κ1) is 17.4. The fourth-order valence-corrected chi connectivity index (χ4v) is 3.83. The van der Waals surface area contributed by atoms with Crippen LogP contribution in [0.5, 0.6) is 0 Å². The predicted octanol–water partition coefficient (Wildman–Crippen LogP) is 3.86. The van der Waals surface area contributed by atoms with E-state index in [0.717, 1.165) is 34.6 Å². The number of nitrogens with zero attached hydrogens (tertiary/aromatic N) is 5. The van der Waals surface area contributed by atoms with E-state index in [-0.39, 0.29) is 5.91 Å². The van der Waals surface area contributed by atoms with Gasteiger partial charge in [0.15, 0.2) is 11.5 Å². The van der Waals surface area contributed by atoms with Crippen molar-refractivity contribution in [3.8, 4) is 10.6 Å². The Balaban J connectivity index is 1.77. The zero-order chi connectivity index (χ0) is 19.0. The molecule has 0 aliphatic rings. The molecule has 7 nitrogen and oxygen atoms in total. The molecule has 0 saturated heterocycles. The summed E-state index contributed by atoms with van der Waals surface area (Å²) in [5.41, 5.74) is 2.79. The molecular formula is C19H20N6OS. The minimum Gasteiger partial charge on any atom is -0.305 e. The van der Waals surface area contributed by atoms with E-state index in [9.17, 15) is 4.79 Å². The lowest BCUT2D eigenvalue weighted by atomic mass is 10.1. The van der Waals surface area contributed by atoms with Crippen LogP contribution in [-0.2, 0) is 13.6 Å². The van der Waals surface area contributed by atoms with Gasteiger partial charge in [0.25, 0.3) is 5.91 Å². The third-order valence-electron chi connectivity index (χ3n) is 4.32. The van der Waals surface area contributed by atoms with Gasteiger partial charge in [0.1, 0.15) is 0 Å². The van der Waals surface area contributed by atoms with Crippen LogP contribution in [0.25, 0.3) is 21.6 Å². The quantitative estimate of drug-likeness (QED) is 0.570. The molecule has 4 heterocycles. The Kier molecular flexibility index (Phi) is 4.49. The first-order chi connectivity index (χ1) is 13.1. The molecule has 4 rings (SSSR count). The monoisotopic (exact) mass is 380 g/mol. The number of thiophene rings is 1. The highest BCUT2D eigenvalue weighted by Gasteiger charge is 2.20. The molecule has 4 aromatic heterocycles. The zero-order valence-corrected chi connectivity index (χ0v) is 16.2. The average molecular weight is 380 g/mol. The molecule has 0 spiro atoms. The highest BCUT2D eigenvalue weighted by molar-refractivity contribution is 7.13. The molecule has 138 valence electrons. The molecule has 0 bridgehead atoms. The topological polar surface area (TPSA) is 77.6 Å². The van der Waals surface area contributed by atoms with Gasteiger partial charge >= 0.3 is 0 Å². The summed E-state index contributed by atoms with van der Waals surface area (Å²) in [4.78, 5) is 18.8. The highest BCUT2D eigenvalue weighted by Crippen LogP contribution is 2.29. The van der Waals surface area contributed by atoms with Gasteiger partial charge in [-0.3, -0.25) is 14.2 Å². The Morgan fingerprint density at radius 2 is 2.15 bits per heavy atom. The molecule has 1 amide bonds. The molecule has 0 radical (unpaired) electrons. The van der Waals surface area contributed by atoms with E-state index < -0.39 is 0 Å². The van der Waals surface area contributed by atoms with Crippen molar-refractivity contribution in [2.75, 3.05) is 5.32 Å². The van der Waals surface area contributed by atoms with Gasteiger partial charge in [-0.25, -0.2) is 4.98 Å². The summed E-state index contributed by atoms with van der Waals surface area (Å²) in [6.07, 6.45) is 2.85. The van der Waals surface area contributed by atoms with Crippen LogP contribution in [0.15, 0.2) is 35.8 Å². The van der Waals surface area contributed by atoms with E-state index in [0.29, 0.717) is 17.0 Å². The van der Waals surface area contributed by atoms with Crippen molar-refractivity contribution in [2.24, 2.45) is 7.05 Å². The predicted molar refractivity (Wildman–Crippen MR) is 107 cm³/mol. The van der Waals surface area contributed by atoms with E-state index in [1.54, 1.807) is 16.0 Å². The molecule has 0 aromatic carbocycles. The summed E-state index contributed by atoms with van der Waals surface area (Å²) in [5, 5.41) is 14.5. The van der Waals surface area contributed by atoms with Crippen molar-refractivity contribution in [3.05, 3.63) is 47.1 Å². The molecule has 8 heteroatoms. The Morgan fingerprint density at radius 1 is 1.30 bits per heavy atom. The molecule has 0 fully saturated rings. The molecule has 27 heavy (non-hydrogen) atoms. The second-order valence-corrected chi connectivity index (χ2v) is 7.31. The maximum absolute atomic E-state index is 13.1. The first-order valence-electron chi connectivity index (χ1n) is 8.80. The fourth-order valence-electron chi connectivity index (χ4n) is 3.14. The second kappa shape index (κ2) is 6.96. The normalized spacial score (nSPS) is 11.2. The number of pyridine rings is 1. The number of hydrogen-bond acceptors (Lipinski definition) is 5. The summed E-state index contributed by atoms with van der Waals surface area (Å²) in [5.74, 6) is 0.329. The lowest BCUT2D eigenvalue weighted by molar-refractivity contribution is 0.102. The summed E-state index contributed by atoms with van der Waals surface area (Å²) in [7, 11) is 1.84. The third-order valence-corrected chi connectivity index (χ3v) is 5.21. The minimum absolute atomic E-state index is 0.210. The Bertz CT molecular complexity index is 1110. The van der Waals surface area contributed by atoms with Crippen molar-refractivity contribution in [1.82, 2.24) is 24.5 Å². The smallest absolute Gasteiger partial charge is 0.257 e. The number of carbonyl (C=O) groups excluding carboxylic acids is 1. The van der Waals surface area contributed by atoms with Crippen LogP contribution in [0.3, 0.4) is 0 Å². The molecule has 0 unspecified atom stereocenters. The maximum atomic E-state index is 13.1. The van der Waals surface area contributed by atoms with Crippen molar-refractivity contribution >= 4 is 34.1 Å². The molecule has 0 atom stereocenters. The Hall–Kier alpha value is -3.00. The molecular weight excluding hydrogens is 360 g/mol. The number of carbonyl (C=O) groups is 1. The zero-order valence-electron chi connectivity index (χ0n) is 15.4. The summed E-state index contributed by atoms with van der Waals surface area (Å²) >= 11 is 1.59. The van der Waals surface area contributed by atoms with E-state index >= 15 is 0 Å². The number of aromatic nitrogens is 5. The number of rotatable bonds is 5. The van der Waals surface area contributed by atoms with Crippen LogP contribution in [0.2, 0.25) is 0 Å². The van der Waals surface area contributed by atoms with Gasteiger partial charge in [0.2, 0.25) is 0 Å². The van der Waals surface area contributed by atoms with Gasteiger partial charge < -0.3 is 5.32 Å². The van der Waals surface area contributed by atoms with Crippen molar-refractivity contribution in [1.29, 1.82) is 0 Å². The SMILES string of the molecule is CCCn1ccc(NC(=O)c2cc(-c3cccs3)nc3c2c(C)nn3C)n1. The number of hydrogen-bond donors (Lipinski definition) is 1. The molecule has 0 saturated carbocycles. The highest BCUT2D eigenvalue weighted by atomic mass is 32.1. The van der Waals surface area contributed by atoms with E-state index in [1.807, 2.05) is 54.5 Å². The Morgan fingerprint density at radius 3 is 2.89 bits per heavy atom. The van der Waals surface area contributed by atoms with Crippen molar-refractivity contribution in [2.45, 2.75) is 26.8 Å². The van der Waals surface area contributed by atoms with Gasteiger partial charge in [0, 0.05) is 25.9 Å². The summed E-state index contributed by atoms with van der Waals surface area (Å²) in [6.45, 7) is 4.80.